The lowest BCUT2D eigenvalue weighted by atomic mass is 10.1. The highest BCUT2D eigenvalue weighted by molar-refractivity contribution is 7.17. The molecule has 3 rings (SSSR count). The Bertz CT molecular complexity index is 1240. The summed E-state index contributed by atoms with van der Waals surface area (Å²) in [5.41, 5.74) is -1.05. The first kappa shape index (κ1) is 27.0. The normalized spacial score (nSPS) is 11.2. The lowest BCUT2D eigenvalue weighted by Gasteiger charge is -2.09. The third kappa shape index (κ3) is 6.15. The van der Waals surface area contributed by atoms with Crippen LogP contribution in [0.25, 0.3) is 21.1 Å². The van der Waals surface area contributed by atoms with Crippen molar-refractivity contribution in [2.45, 2.75) is 26.9 Å². The highest BCUT2D eigenvalue weighted by Gasteiger charge is 2.34. The predicted molar refractivity (Wildman–Crippen MR) is 126 cm³/mol. The van der Waals surface area contributed by atoms with E-state index in [0.717, 1.165) is 28.1 Å². The molecule has 36 heavy (non-hydrogen) atoms. The van der Waals surface area contributed by atoms with Crippen molar-refractivity contribution in [1.82, 2.24) is 20.3 Å². The van der Waals surface area contributed by atoms with E-state index in [1.165, 1.54) is 12.3 Å². The first-order valence-corrected chi connectivity index (χ1v) is 12.2. The summed E-state index contributed by atoms with van der Waals surface area (Å²) in [5, 5.41) is 5.91. The number of carbonyl (C=O) groups excluding carboxylic acids is 3. The Balaban J connectivity index is 2.17. The van der Waals surface area contributed by atoms with E-state index < -0.39 is 29.8 Å². The number of carbonyl (C=O) groups is 3. The second-order valence-corrected chi connectivity index (χ2v) is 8.63. The minimum absolute atomic E-state index is 0.0281. The maximum atomic E-state index is 13.2. The number of thiazole rings is 2. The van der Waals surface area contributed by atoms with Crippen LogP contribution in [0, 0.1) is 0 Å². The zero-order valence-corrected chi connectivity index (χ0v) is 20.8. The molecule has 0 aliphatic rings. The van der Waals surface area contributed by atoms with Crippen LogP contribution in [0.1, 0.15) is 46.6 Å². The van der Waals surface area contributed by atoms with E-state index in [0.29, 0.717) is 6.54 Å². The average Bonchev–Trinajstić information content (AvgIpc) is 3.48. The summed E-state index contributed by atoms with van der Waals surface area (Å²) in [6.07, 6.45) is -3.41. The number of anilines is 1. The second kappa shape index (κ2) is 11.4. The molecule has 0 aromatic carbocycles. The molecule has 192 valence electrons. The third-order valence-corrected chi connectivity index (χ3v) is 6.24. The number of ether oxygens (including phenoxy) is 2. The molecule has 0 aliphatic heterocycles. The molecule has 3 aromatic rings. The topological polar surface area (TPSA) is 132 Å². The fraction of sp³-hybridized carbons (Fsp3) is 0.333. The Morgan fingerprint density at radius 2 is 1.69 bits per heavy atom. The smallest absolute Gasteiger partial charge is 0.434 e. The maximum Gasteiger partial charge on any atom is 0.434 e. The van der Waals surface area contributed by atoms with Gasteiger partial charge >= 0.3 is 24.1 Å². The lowest BCUT2D eigenvalue weighted by molar-refractivity contribution is -0.140. The molecule has 2 N–H and O–H groups in total. The molecule has 2 amide bonds. The van der Waals surface area contributed by atoms with E-state index in [4.69, 9.17) is 9.47 Å². The van der Waals surface area contributed by atoms with Gasteiger partial charge < -0.3 is 14.8 Å². The van der Waals surface area contributed by atoms with Gasteiger partial charge in [0, 0.05) is 29.2 Å². The average molecular weight is 544 g/mol. The van der Waals surface area contributed by atoms with Gasteiger partial charge in [0.15, 0.2) is 11.4 Å². The second-order valence-electron chi connectivity index (χ2n) is 6.77. The lowest BCUT2D eigenvalue weighted by Crippen LogP contribution is -2.28. The number of alkyl halides is 3. The van der Waals surface area contributed by atoms with Crippen molar-refractivity contribution in [1.29, 1.82) is 0 Å². The van der Waals surface area contributed by atoms with Crippen molar-refractivity contribution in [3.8, 4) is 21.1 Å². The quantitative estimate of drug-likeness (QED) is 0.386. The number of hydrogen-bond acceptors (Lipinski definition) is 10. The number of pyridine rings is 1. The number of hydrogen-bond donors (Lipinski definition) is 2. The first-order valence-electron chi connectivity index (χ1n) is 10.5. The van der Waals surface area contributed by atoms with Crippen molar-refractivity contribution in [2.24, 2.45) is 0 Å². The van der Waals surface area contributed by atoms with Gasteiger partial charge in [0.2, 0.25) is 0 Å². The number of amides is 2. The number of esters is 2. The van der Waals surface area contributed by atoms with Crippen LogP contribution in [0.4, 0.5) is 23.8 Å². The molecule has 3 heterocycles. The zero-order chi connectivity index (χ0) is 26.5. The molecule has 10 nitrogen and oxygen atoms in total. The number of halogens is 3. The Hall–Kier alpha value is -3.59. The third-order valence-electron chi connectivity index (χ3n) is 4.30. The van der Waals surface area contributed by atoms with E-state index in [1.807, 2.05) is 0 Å². The van der Waals surface area contributed by atoms with Gasteiger partial charge in [-0.25, -0.2) is 29.3 Å². The Labute approximate surface area is 210 Å². The van der Waals surface area contributed by atoms with Crippen LogP contribution in [0.2, 0.25) is 0 Å². The van der Waals surface area contributed by atoms with Gasteiger partial charge in [-0.3, -0.25) is 5.32 Å². The molecule has 0 saturated heterocycles. The molecule has 0 unspecified atom stereocenters. The van der Waals surface area contributed by atoms with Gasteiger partial charge in [-0.1, -0.05) is 0 Å². The monoisotopic (exact) mass is 543 g/mol. The summed E-state index contributed by atoms with van der Waals surface area (Å²) in [7, 11) is 0. The summed E-state index contributed by atoms with van der Waals surface area (Å²) in [4.78, 5) is 48.7. The molecular formula is C21H20F3N5O5S2. The minimum Gasteiger partial charge on any atom is -0.462 e. The molecule has 0 spiro atoms. The van der Waals surface area contributed by atoms with Crippen molar-refractivity contribution in [3.63, 3.8) is 0 Å². The van der Waals surface area contributed by atoms with Crippen LogP contribution in [0.3, 0.4) is 0 Å². The van der Waals surface area contributed by atoms with Gasteiger partial charge in [0.05, 0.1) is 13.2 Å². The summed E-state index contributed by atoms with van der Waals surface area (Å²) in [6.45, 7) is 5.29. The zero-order valence-electron chi connectivity index (χ0n) is 19.2. The van der Waals surface area contributed by atoms with Crippen molar-refractivity contribution in [2.75, 3.05) is 25.1 Å². The number of urea groups is 1. The van der Waals surface area contributed by atoms with E-state index in [2.05, 4.69) is 25.6 Å². The predicted octanol–water partition coefficient (Wildman–Crippen LogP) is 4.84. The van der Waals surface area contributed by atoms with E-state index in [-0.39, 0.29) is 50.7 Å². The maximum absolute atomic E-state index is 13.2. The van der Waals surface area contributed by atoms with Gasteiger partial charge in [-0.05, 0) is 26.8 Å². The van der Waals surface area contributed by atoms with Crippen LogP contribution in [0.5, 0.6) is 0 Å². The molecule has 0 aliphatic carbocycles. The highest BCUT2D eigenvalue weighted by atomic mass is 32.1. The minimum atomic E-state index is -4.67. The van der Waals surface area contributed by atoms with Gasteiger partial charge in [0.1, 0.15) is 20.7 Å². The number of rotatable bonds is 8. The van der Waals surface area contributed by atoms with Gasteiger partial charge in [-0.2, -0.15) is 13.2 Å². The number of aromatic nitrogens is 3. The fourth-order valence-corrected chi connectivity index (χ4v) is 4.66. The molecule has 0 saturated carbocycles. The summed E-state index contributed by atoms with van der Waals surface area (Å²) in [5.74, 6) is -1.63. The van der Waals surface area contributed by atoms with Gasteiger partial charge in [0.25, 0.3) is 0 Å². The van der Waals surface area contributed by atoms with E-state index in [9.17, 15) is 27.6 Å². The van der Waals surface area contributed by atoms with Crippen molar-refractivity contribution in [3.05, 3.63) is 33.9 Å². The standard InChI is InChI=1S/C21H20F3N5O5S2/c1-4-25-20(32)28-13-7-10(16-27-12(9-35-16)21(22,23)24)11(8-26-13)17-29-14(18(30)33-5-2)15(36-17)19(31)34-6-3/h7-9H,4-6H2,1-3H3,(H2,25,26,28,32). The molecule has 15 heteroatoms. The largest absolute Gasteiger partial charge is 0.462 e. The number of nitrogens with zero attached hydrogens (tertiary/aromatic N) is 3. The van der Waals surface area contributed by atoms with Crippen LogP contribution in [0.15, 0.2) is 17.6 Å². The van der Waals surface area contributed by atoms with Crippen molar-refractivity contribution >= 4 is 46.5 Å². The Kier molecular flexibility index (Phi) is 8.57. The summed E-state index contributed by atoms with van der Waals surface area (Å²) in [6, 6.07) is 0.765. The van der Waals surface area contributed by atoms with Crippen LogP contribution >= 0.6 is 22.7 Å². The molecule has 3 aromatic heterocycles. The SMILES string of the molecule is CCNC(=O)Nc1cc(-c2nc(C(F)(F)F)cs2)c(-c2nc(C(=O)OCC)c(C(=O)OCC)s2)cn1. The molecule has 0 radical (unpaired) electrons. The molecular weight excluding hydrogens is 523 g/mol. The van der Waals surface area contributed by atoms with Gasteiger partial charge in [-0.15, -0.1) is 22.7 Å². The van der Waals surface area contributed by atoms with E-state index in [1.54, 1.807) is 20.8 Å². The van der Waals surface area contributed by atoms with E-state index >= 15 is 0 Å². The number of nitrogens with one attached hydrogen (secondary N) is 2. The van der Waals surface area contributed by atoms with Crippen LogP contribution in [-0.2, 0) is 15.7 Å². The Morgan fingerprint density at radius 1 is 1.00 bits per heavy atom. The van der Waals surface area contributed by atoms with Crippen LogP contribution < -0.4 is 10.6 Å². The summed E-state index contributed by atoms with van der Waals surface area (Å²) < 4.78 is 49.6. The highest BCUT2D eigenvalue weighted by Crippen LogP contribution is 2.40. The van der Waals surface area contributed by atoms with Crippen LogP contribution in [-0.4, -0.2) is 52.7 Å². The first-order chi connectivity index (χ1) is 17.1. The van der Waals surface area contributed by atoms with Crippen molar-refractivity contribution < 1.29 is 37.0 Å². The summed E-state index contributed by atoms with van der Waals surface area (Å²) >= 11 is 1.51. The molecule has 0 fully saturated rings. The molecule has 0 bridgehead atoms. The molecule has 0 atom stereocenters. The Morgan fingerprint density at radius 3 is 2.31 bits per heavy atom. The fourth-order valence-electron chi connectivity index (χ4n) is 2.83.